The highest BCUT2D eigenvalue weighted by Gasteiger charge is 2.37. The summed E-state index contributed by atoms with van der Waals surface area (Å²) in [6, 6.07) is 43.1. The van der Waals surface area contributed by atoms with Crippen LogP contribution in [-0.4, -0.2) is 18.5 Å². The third kappa shape index (κ3) is 5.91. The van der Waals surface area contributed by atoms with Crippen molar-refractivity contribution in [3.05, 3.63) is 127 Å². The molecule has 0 atom stereocenters. The van der Waals surface area contributed by atoms with Gasteiger partial charge in [0.25, 0.3) is 0 Å². The molecule has 4 aromatic carbocycles. The molecule has 0 heterocycles. The standard InChI is InChI=1S/C25H22N.CHF3O3S/c1-5-13-22(14-6-1)21-26(23-15-7-2-8-16-23,24-17-9-3-10-18-24)25-19-11-4-12-20-25;2-1(3,4)8(5,6)7/h1-20H,21H2;(H,5,6,7)/q+1;/p-1. The van der Waals surface area contributed by atoms with E-state index in [0.717, 1.165) is 6.54 Å². The van der Waals surface area contributed by atoms with E-state index in [-0.39, 0.29) is 0 Å². The van der Waals surface area contributed by atoms with Crippen molar-refractivity contribution in [2.24, 2.45) is 0 Å². The zero-order valence-electron chi connectivity index (χ0n) is 18.0. The lowest BCUT2D eigenvalue weighted by atomic mass is 10.1. The minimum Gasteiger partial charge on any atom is -0.741 e. The molecule has 0 aromatic heterocycles. The predicted molar refractivity (Wildman–Crippen MR) is 126 cm³/mol. The Hall–Kier alpha value is -3.46. The number of nitrogens with zero attached hydrogens (tertiary/aromatic N) is 1. The van der Waals surface area contributed by atoms with E-state index < -0.39 is 15.6 Å². The molecule has 0 aliphatic rings. The van der Waals surface area contributed by atoms with Crippen LogP contribution in [0.1, 0.15) is 5.56 Å². The van der Waals surface area contributed by atoms with Crippen molar-refractivity contribution in [1.29, 1.82) is 0 Å². The van der Waals surface area contributed by atoms with Gasteiger partial charge in [-0.05, 0) is 36.4 Å². The maximum absolute atomic E-state index is 10.7. The number of hydrogen-bond acceptors (Lipinski definition) is 3. The summed E-state index contributed by atoms with van der Waals surface area (Å²) in [5, 5.41) is 0. The van der Waals surface area contributed by atoms with E-state index >= 15 is 0 Å². The zero-order valence-corrected chi connectivity index (χ0v) is 18.8. The largest absolute Gasteiger partial charge is 0.741 e. The van der Waals surface area contributed by atoms with Crippen LogP contribution in [-0.2, 0) is 16.7 Å². The van der Waals surface area contributed by atoms with Crippen LogP contribution in [0.3, 0.4) is 0 Å². The van der Waals surface area contributed by atoms with E-state index in [4.69, 9.17) is 13.0 Å². The maximum atomic E-state index is 10.7. The third-order valence-electron chi connectivity index (χ3n) is 5.14. The van der Waals surface area contributed by atoms with Gasteiger partial charge in [-0.25, -0.2) is 12.9 Å². The Morgan fingerprint density at radius 3 is 1.12 bits per heavy atom. The number of halogens is 3. The zero-order chi connectivity index (χ0) is 24.7. The number of quaternary nitrogens is 1. The van der Waals surface area contributed by atoms with E-state index in [9.17, 15) is 13.2 Å². The number of hydrogen-bond donors (Lipinski definition) is 0. The Kier molecular flexibility index (Phi) is 7.88. The first kappa shape index (κ1) is 25.2. The average Bonchev–Trinajstić information content (AvgIpc) is 2.84. The van der Waals surface area contributed by atoms with Crippen LogP contribution in [0.5, 0.6) is 0 Å². The van der Waals surface area contributed by atoms with Crippen molar-refractivity contribution in [2.75, 3.05) is 0 Å². The van der Waals surface area contributed by atoms with Crippen molar-refractivity contribution < 1.29 is 26.1 Å². The van der Waals surface area contributed by atoms with Crippen LogP contribution < -0.4 is 4.48 Å². The second kappa shape index (κ2) is 10.6. The second-order valence-corrected chi connectivity index (χ2v) is 8.73. The van der Waals surface area contributed by atoms with E-state index in [1.165, 1.54) is 22.6 Å². The maximum Gasteiger partial charge on any atom is 0.485 e. The van der Waals surface area contributed by atoms with Gasteiger partial charge in [-0.3, -0.25) is 0 Å². The van der Waals surface area contributed by atoms with Crippen LogP contribution in [0.2, 0.25) is 0 Å². The molecule has 176 valence electrons. The lowest BCUT2D eigenvalue weighted by Gasteiger charge is -2.37. The van der Waals surface area contributed by atoms with E-state index in [1.807, 2.05) is 0 Å². The molecule has 0 aliphatic carbocycles. The predicted octanol–water partition coefficient (Wildman–Crippen LogP) is 6.91. The van der Waals surface area contributed by atoms with Crippen molar-refractivity contribution in [3.8, 4) is 0 Å². The van der Waals surface area contributed by atoms with Gasteiger partial charge in [0.05, 0.1) is 0 Å². The van der Waals surface area contributed by atoms with Gasteiger partial charge in [-0.1, -0.05) is 84.9 Å². The quantitative estimate of drug-likeness (QED) is 0.175. The molecular weight excluding hydrogens is 463 g/mol. The van der Waals surface area contributed by atoms with Crippen LogP contribution >= 0.6 is 0 Å². The first-order valence-electron chi connectivity index (χ1n) is 10.3. The van der Waals surface area contributed by atoms with Crippen LogP contribution in [0.15, 0.2) is 121 Å². The van der Waals surface area contributed by atoms with Gasteiger partial charge in [0, 0.05) is 5.56 Å². The Balaban J connectivity index is 0.000000350. The molecule has 4 aromatic rings. The van der Waals surface area contributed by atoms with Gasteiger partial charge in [0.1, 0.15) is 23.6 Å². The van der Waals surface area contributed by atoms with E-state index in [0.29, 0.717) is 4.48 Å². The third-order valence-corrected chi connectivity index (χ3v) is 5.70. The Morgan fingerprint density at radius 1 is 0.588 bits per heavy atom. The van der Waals surface area contributed by atoms with Crippen LogP contribution in [0.4, 0.5) is 30.2 Å². The molecule has 0 amide bonds. The summed E-state index contributed by atoms with van der Waals surface area (Å²) in [6.07, 6.45) is 0. The topological polar surface area (TPSA) is 57.2 Å². The summed E-state index contributed by atoms with van der Waals surface area (Å²) < 4.78 is 59.6. The lowest BCUT2D eigenvalue weighted by Crippen LogP contribution is -2.38. The molecule has 0 bridgehead atoms. The molecule has 4 rings (SSSR count). The molecule has 4 nitrogen and oxygen atoms in total. The molecule has 0 N–H and O–H groups in total. The highest BCUT2D eigenvalue weighted by Crippen LogP contribution is 2.45. The Labute approximate surface area is 196 Å². The summed E-state index contributed by atoms with van der Waals surface area (Å²) in [5.74, 6) is 0. The van der Waals surface area contributed by atoms with Crippen molar-refractivity contribution >= 4 is 27.2 Å². The van der Waals surface area contributed by atoms with Gasteiger partial charge in [0.15, 0.2) is 10.1 Å². The first-order valence-corrected chi connectivity index (χ1v) is 11.7. The molecule has 0 saturated carbocycles. The number of rotatable bonds is 5. The summed E-state index contributed by atoms with van der Waals surface area (Å²) in [6.45, 7) is 0.860. The smallest absolute Gasteiger partial charge is 0.485 e. The number of para-hydroxylation sites is 3. The van der Waals surface area contributed by atoms with Crippen molar-refractivity contribution in [3.63, 3.8) is 0 Å². The molecule has 0 spiro atoms. The molecule has 34 heavy (non-hydrogen) atoms. The highest BCUT2D eigenvalue weighted by atomic mass is 32.2. The average molecular weight is 486 g/mol. The molecule has 0 aliphatic heterocycles. The van der Waals surface area contributed by atoms with E-state index in [2.05, 4.69) is 121 Å². The SMILES string of the molecule is O=S(=O)([O-])C(F)(F)F.c1ccc(C[N+](c2ccccc2)(c2ccccc2)c2ccccc2)cc1. The second-order valence-electron chi connectivity index (χ2n) is 7.36. The minimum atomic E-state index is -6.09. The van der Waals surface area contributed by atoms with Gasteiger partial charge in [-0.15, -0.1) is 0 Å². The Morgan fingerprint density at radius 2 is 0.853 bits per heavy atom. The summed E-state index contributed by atoms with van der Waals surface area (Å²) >= 11 is 0. The lowest BCUT2D eigenvalue weighted by molar-refractivity contribution is -0.0517. The molecular formula is C26H22F3NO3S. The summed E-state index contributed by atoms with van der Waals surface area (Å²) in [4.78, 5) is 0. The summed E-state index contributed by atoms with van der Waals surface area (Å²) in [7, 11) is -6.09. The monoisotopic (exact) mass is 485 g/mol. The molecule has 0 fully saturated rings. The van der Waals surface area contributed by atoms with Gasteiger partial charge in [-0.2, -0.15) is 13.2 Å². The molecule has 0 unspecified atom stereocenters. The van der Waals surface area contributed by atoms with Gasteiger partial charge in [0.2, 0.25) is 0 Å². The Bertz CT molecular complexity index is 1170. The number of benzene rings is 4. The number of alkyl halides is 3. The minimum absolute atomic E-state index is 0.659. The van der Waals surface area contributed by atoms with Crippen LogP contribution in [0.25, 0.3) is 0 Å². The summed E-state index contributed by atoms with van der Waals surface area (Å²) in [5.41, 5.74) is -0.562. The molecule has 0 radical (unpaired) electrons. The fraction of sp³-hybridized carbons (Fsp3) is 0.0769. The fourth-order valence-corrected chi connectivity index (χ4v) is 3.63. The normalized spacial score (nSPS) is 11.9. The molecule has 0 saturated heterocycles. The van der Waals surface area contributed by atoms with E-state index in [1.54, 1.807) is 0 Å². The van der Waals surface area contributed by atoms with Crippen LogP contribution in [0, 0.1) is 0 Å². The van der Waals surface area contributed by atoms with Gasteiger partial charge >= 0.3 is 5.51 Å². The van der Waals surface area contributed by atoms with Crippen molar-refractivity contribution in [2.45, 2.75) is 12.1 Å². The van der Waals surface area contributed by atoms with Gasteiger partial charge < -0.3 is 4.55 Å². The first-order chi connectivity index (χ1) is 16.1. The molecule has 8 heteroatoms. The highest BCUT2D eigenvalue weighted by molar-refractivity contribution is 7.86. The fourth-order valence-electron chi connectivity index (χ4n) is 3.63. The van der Waals surface area contributed by atoms with Crippen molar-refractivity contribution in [1.82, 2.24) is 4.48 Å².